The zero-order valence-electron chi connectivity index (χ0n) is 15.9. The quantitative estimate of drug-likeness (QED) is 0.766. The van der Waals surface area contributed by atoms with Gasteiger partial charge in [0.05, 0.1) is 13.7 Å². The van der Waals surface area contributed by atoms with E-state index in [0.29, 0.717) is 13.2 Å². The van der Waals surface area contributed by atoms with Crippen LogP contribution in [0.5, 0.6) is 11.5 Å². The molecule has 1 aliphatic heterocycles. The molecule has 1 aromatic carbocycles. The van der Waals surface area contributed by atoms with Crippen molar-refractivity contribution in [2.24, 2.45) is 5.92 Å². The van der Waals surface area contributed by atoms with Crippen LogP contribution in [0.15, 0.2) is 30.3 Å². The highest BCUT2D eigenvalue weighted by atomic mass is 16.5. The molecule has 0 amide bonds. The molecule has 0 aliphatic carbocycles. The Morgan fingerprint density at radius 1 is 1.12 bits per heavy atom. The van der Waals surface area contributed by atoms with Crippen LogP contribution in [0, 0.1) is 12.8 Å². The average molecular weight is 356 g/mol. The molecule has 0 radical (unpaired) electrons. The number of methoxy groups -OCH3 is 1. The largest absolute Gasteiger partial charge is 0.497 e. The maximum atomic E-state index is 5.74. The molecule has 1 saturated heterocycles. The molecule has 6 nitrogen and oxygen atoms in total. The summed E-state index contributed by atoms with van der Waals surface area (Å²) < 4.78 is 10.9. The number of aryl methyl sites for hydroxylation is 1. The van der Waals surface area contributed by atoms with Gasteiger partial charge in [-0.05, 0) is 49.9 Å². The van der Waals surface area contributed by atoms with Gasteiger partial charge in [-0.2, -0.15) is 0 Å². The zero-order valence-corrected chi connectivity index (χ0v) is 15.9. The van der Waals surface area contributed by atoms with Gasteiger partial charge >= 0.3 is 0 Å². The third-order valence-electron chi connectivity index (χ3n) is 4.67. The fourth-order valence-corrected chi connectivity index (χ4v) is 3.06. The summed E-state index contributed by atoms with van der Waals surface area (Å²) in [6, 6.07) is 9.63. The van der Waals surface area contributed by atoms with Crippen molar-refractivity contribution in [3.05, 3.63) is 36.2 Å². The summed E-state index contributed by atoms with van der Waals surface area (Å²) in [7, 11) is 1.65. The molecule has 6 heteroatoms. The molecular formula is C20H28N4O2. The highest BCUT2D eigenvalue weighted by molar-refractivity contribution is 5.49. The van der Waals surface area contributed by atoms with Crippen molar-refractivity contribution in [1.82, 2.24) is 9.97 Å². The Hall–Kier alpha value is -2.50. The molecule has 2 aromatic rings. The molecule has 26 heavy (non-hydrogen) atoms. The molecule has 0 atom stereocenters. The van der Waals surface area contributed by atoms with Crippen molar-refractivity contribution < 1.29 is 9.47 Å². The summed E-state index contributed by atoms with van der Waals surface area (Å²) in [5, 5.41) is 3.34. The standard InChI is InChI=1S/C20H28N4O2/c1-15-8-11-24(12-9-15)20-14-19(22-16(2)23-20)21-10-13-26-18-6-4-17(25-3)5-7-18/h4-7,14-15H,8-13H2,1-3H3,(H,21,22,23). The second-order valence-corrected chi connectivity index (χ2v) is 6.78. The lowest BCUT2D eigenvalue weighted by Gasteiger charge is -2.31. The van der Waals surface area contributed by atoms with E-state index in [1.165, 1.54) is 12.8 Å². The van der Waals surface area contributed by atoms with E-state index in [9.17, 15) is 0 Å². The van der Waals surface area contributed by atoms with Crippen LogP contribution in [0.3, 0.4) is 0 Å². The summed E-state index contributed by atoms with van der Waals surface area (Å²) in [6.07, 6.45) is 2.45. The van der Waals surface area contributed by atoms with Gasteiger partial charge in [-0.1, -0.05) is 6.92 Å². The molecule has 0 spiro atoms. The number of anilines is 2. The van der Waals surface area contributed by atoms with Gasteiger partial charge in [0, 0.05) is 19.2 Å². The van der Waals surface area contributed by atoms with Gasteiger partial charge in [0.15, 0.2) is 0 Å². The first kappa shape index (κ1) is 18.3. The minimum atomic E-state index is 0.561. The number of hydrogen-bond acceptors (Lipinski definition) is 6. The molecule has 140 valence electrons. The minimum absolute atomic E-state index is 0.561. The monoisotopic (exact) mass is 356 g/mol. The number of ether oxygens (including phenoxy) is 2. The molecule has 0 unspecified atom stereocenters. The van der Waals surface area contributed by atoms with Crippen LogP contribution in [0.4, 0.5) is 11.6 Å². The van der Waals surface area contributed by atoms with E-state index in [4.69, 9.17) is 9.47 Å². The van der Waals surface area contributed by atoms with Crippen LogP contribution in [0.1, 0.15) is 25.6 Å². The van der Waals surface area contributed by atoms with E-state index in [-0.39, 0.29) is 0 Å². The van der Waals surface area contributed by atoms with E-state index in [1.807, 2.05) is 37.3 Å². The fraction of sp³-hybridized carbons (Fsp3) is 0.500. The van der Waals surface area contributed by atoms with Gasteiger partial charge in [0.2, 0.25) is 0 Å². The number of hydrogen-bond donors (Lipinski definition) is 1. The lowest BCUT2D eigenvalue weighted by molar-refractivity contribution is 0.331. The van der Waals surface area contributed by atoms with Gasteiger partial charge in [0.25, 0.3) is 0 Å². The fourth-order valence-electron chi connectivity index (χ4n) is 3.06. The van der Waals surface area contributed by atoms with E-state index in [1.54, 1.807) is 7.11 Å². The Bertz CT molecular complexity index is 697. The molecule has 1 N–H and O–H groups in total. The molecule has 1 aliphatic rings. The Labute approximate surface area is 155 Å². The number of aromatic nitrogens is 2. The first-order valence-corrected chi connectivity index (χ1v) is 9.25. The average Bonchev–Trinajstić information content (AvgIpc) is 2.66. The van der Waals surface area contributed by atoms with Crippen molar-refractivity contribution in [2.75, 3.05) is 43.6 Å². The van der Waals surface area contributed by atoms with Crippen molar-refractivity contribution in [3.63, 3.8) is 0 Å². The highest BCUT2D eigenvalue weighted by Gasteiger charge is 2.17. The smallest absolute Gasteiger partial charge is 0.134 e. The SMILES string of the molecule is COc1ccc(OCCNc2cc(N3CCC(C)CC3)nc(C)n2)cc1. The van der Waals surface area contributed by atoms with Crippen LogP contribution in [-0.2, 0) is 0 Å². The number of rotatable bonds is 7. The van der Waals surface area contributed by atoms with Gasteiger partial charge in [-0.25, -0.2) is 9.97 Å². The second-order valence-electron chi connectivity index (χ2n) is 6.78. The molecule has 2 heterocycles. The van der Waals surface area contributed by atoms with E-state index in [2.05, 4.69) is 27.1 Å². The third kappa shape index (κ3) is 5.00. The summed E-state index contributed by atoms with van der Waals surface area (Å²) in [4.78, 5) is 11.5. The topological polar surface area (TPSA) is 59.5 Å². The normalized spacial score (nSPS) is 15.0. The summed E-state index contributed by atoms with van der Waals surface area (Å²) in [5.41, 5.74) is 0. The van der Waals surface area contributed by atoms with Gasteiger partial charge in [-0.3, -0.25) is 0 Å². The number of benzene rings is 1. The Balaban J connectivity index is 1.51. The van der Waals surface area contributed by atoms with Crippen LogP contribution in [-0.4, -0.2) is 43.3 Å². The number of piperidine rings is 1. The number of nitrogens with zero attached hydrogens (tertiary/aromatic N) is 3. The highest BCUT2D eigenvalue weighted by Crippen LogP contribution is 2.23. The zero-order chi connectivity index (χ0) is 18.4. The van der Waals surface area contributed by atoms with Gasteiger partial charge < -0.3 is 19.7 Å². The second kappa shape index (κ2) is 8.74. The van der Waals surface area contributed by atoms with Crippen molar-refractivity contribution in [2.45, 2.75) is 26.7 Å². The lowest BCUT2D eigenvalue weighted by atomic mass is 9.99. The van der Waals surface area contributed by atoms with Gasteiger partial charge in [0.1, 0.15) is 35.6 Å². The summed E-state index contributed by atoms with van der Waals surface area (Å²) >= 11 is 0. The minimum Gasteiger partial charge on any atom is -0.497 e. The third-order valence-corrected chi connectivity index (χ3v) is 4.67. The first-order valence-electron chi connectivity index (χ1n) is 9.25. The molecular weight excluding hydrogens is 328 g/mol. The van der Waals surface area contributed by atoms with Crippen molar-refractivity contribution in [1.29, 1.82) is 0 Å². The molecule has 0 bridgehead atoms. The molecule has 3 rings (SSSR count). The molecule has 1 fully saturated rings. The predicted octanol–water partition coefficient (Wildman–Crippen LogP) is 3.52. The van der Waals surface area contributed by atoms with Crippen LogP contribution < -0.4 is 19.7 Å². The van der Waals surface area contributed by atoms with E-state index < -0.39 is 0 Å². The maximum absolute atomic E-state index is 5.74. The molecule has 0 saturated carbocycles. The Morgan fingerprint density at radius 3 is 2.50 bits per heavy atom. The van der Waals surface area contributed by atoms with E-state index in [0.717, 1.165) is 48.0 Å². The Morgan fingerprint density at radius 2 is 1.81 bits per heavy atom. The van der Waals surface area contributed by atoms with Crippen LogP contribution >= 0.6 is 0 Å². The lowest BCUT2D eigenvalue weighted by Crippen LogP contribution is -2.33. The number of nitrogens with one attached hydrogen (secondary N) is 1. The van der Waals surface area contributed by atoms with Crippen LogP contribution in [0.25, 0.3) is 0 Å². The van der Waals surface area contributed by atoms with Crippen LogP contribution in [0.2, 0.25) is 0 Å². The molecule has 1 aromatic heterocycles. The van der Waals surface area contributed by atoms with Crippen molar-refractivity contribution >= 4 is 11.6 Å². The van der Waals surface area contributed by atoms with Gasteiger partial charge in [-0.15, -0.1) is 0 Å². The maximum Gasteiger partial charge on any atom is 0.134 e. The summed E-state index contributed by atoms with van der Waals surface area (Å²) in [5.74, 6) is 5.12. The van der Waals surface area contributed by atoms with E-state index >= 15 is 0 Å². The Kier molecular flexibility index (Phi) is 6.15. The summed E-state index contributed by atoms with van der Waals surface area (Å²) in [6.45, 7) is 7.63. The first-order chi connectivity index (χ1) is 12.6. The predicted molar refractivity (Wildman–Crippen MR) is 104 cm³/mol. The van der Waals surface area contributed by atoms with Crippen molar-refractivity contribution in [3.8, 4) is 11.5 Å².